The second-order valence-electron chi connectivity index (χ2n) is 4.62. The van der Waals surface area contributed by atoms with Crippen LogP contribution in [0.5, 0.6) is 0 Å². The molecule has 0 aliphatic heterocycles. The average molecular weight is 261 g/mol. The third-order valence-corrected chi connectivity index (χ3v) is 2.94. The maximum absolute atomic E-state index is 13.7. The maximum atomic E-state index is 13.7. The van der Waals surface area contributed by atoms with Gasteiger partial charge >= 0.3 is 0 Å². The lowest BCUT2D eigenvalue weighted by atomic mass is 10.1. The van der Waals surface area contributed by atoms with Gasteiger partial charge in [0, 0.05) is 18.5 Å². The Bertz CT molecular complexity index is 527. The molecule has 1 fully saturated rings. The molecule has 0 saturated heterocycles. The fourth-order valence-corrected chi connectivity index (χ4v) is 1.63. The highest BCUT2D eigenvalue weighted by molar-refractivity contribution is 5.94. The predicted molar refractivity (Wildman–Crippen MR) is 70.0 cm³/mol. The molecule has 1 aromatic carbocycles. The first-order valence-electron chi connectivity index (χ1n) is 6.38. The second kappa shape index (κ2) is 6.35. The fraction of sp³-hybridized carbons (Fsp3) is 0.400. The van der Waals surface area contributed by atoms with Gasteiger partial charge in [-0.25, -0.2) is 4.39 Å². The SMILES string of the molecule is O=C(NCC1CC1)c1ccc(C#CCCO)c(F)c1. The van der Waals surface area contributed by atoms with Crippen LogP contribution >= 0.6 is 0 Å². The van der Waals surface area contributed by atoms with Crippen molar-refractivity contribution >= 4 is 5.91 Å². The van der Waals surface area contributed by atoms with Gasteiger partial charge < -0.3 is 10.4 Å². The summed E-state index contributed by atoms with van der Waals surface area (Å²) in [5, 5.41) is 11.4. The summed E-state index contributed by atoms with van der Waals surface area (Å²) in [7, 11) is 0. The lowest BCUT2D eigenvalue weighted by Gasteiger charge is -2.04. The second-order valence-corrected chi connectivity index (χ2v) is 4.62. The van der Waals surface area contributed by atoms with E-state index >= 15 is 0 Å². The zero-order chi connectivity index (χ0) is 13.7. The molecule has 0 atom stereocenters. The quantitative estimate of drug-likeness (QED) is 0.810. The largest absolute Gasteiger partial charge is 0.395 e. The van der Waals surface area contributed by atoms with E-state index in [0.29, 0.717) is 24.4 Å². The van der Waals surface area contributed by atoms with Crippen LogP contribution in [0.1, 0.15) is 35.2 Å². The molecule has 1 amide bonds. The van der Waals surface area contributed by atoms with Crippen LogP contribution in [0.4, 0.5) is 4.39 Å². The minimum absolute atomic E-state index is 0.0454. The first kappa shape index (κ1) is 13.6. The Labute approximate surface area is 111 Å². The number of nitrogens with one attached hydrogen (secondary N) is 1. The normalized spacial score (nSPS) is 13.6. The number of carbonyl (C=O) groups excluding carboxylic acids is 1. The molecule has 19 heavy (non-hydrogen) atoms. The van der Waals surface area contributed by atoms with Crippen molar-refractivity contribution in [3.05, 3.63) is 35.1 Å². The number of rotatable bonds is 4. The van der Waals surface area contributed by atoms with Gasteiger partial charge in [0.2, 0.25) is 0 Å². The smallest absolute Gasteiger partial charge is 0.251 e. The summed E-state index contributed by atoms with van der Waals surface area (Å²) in [6.07, 6.45) is 2.63. The minimum atomic E-state index is -0.510. The molecule has 1 aromatic rings. The minimum Gasteiger partial charge on any atom is -0.395 e. The molecule has 3 nitrogen and oxygen atoms in total. The molecule has 0 bridgehead atoms. The molecule has 2 N–H and O–H groups in total. The molecule has 0 spiro atoms. The summed E-state index contributed by atoms with van der Waals surface area (Å²) < 4.78 is 13.7. The lowest BCUT2D eigenvalue weighted by molar-refractivity contribution is 0.0951. The summed E-state index contributed by atoms with van der Waals surface area (Å²) in [6.45, 7) is 0.620. The van der Waals surface area contributed by atoms with E-state index < -0.39 is 5.82 Å². The van der Waals surface area contributed by atoms with Crippen LogP contribution < -0.4 is 5.32 Å². The summed E-state index contributed by atoms with van der Waals surface area (Å²) in [5.41, 5.74) is 0.554. The molecular formula is C15H16FNO2. The fourth-order valence-electron chi connectivity index (χ4n) is 1.63. The number of hydrogen-bond donors (Lipinski definition) is 2. The highest BCUT2D eigenvalue weighted by Gasteiger charge is 2.21. The van der Waals surface area contributed by atoms with Crippen LogP contribution in [0, 0.1) is 23.6 Å². The van der Waals surface area contributed by atoms with Crippen molar-refractivity contribution in [3.63, 3.8) is 0 Å². The molecule has 0 unspecified atom stereocenters. The molecule has 0 radical (unpaired) electrons. The van der Waals surface area contributed by atoms with Crippen molar-refractivity contribution in [1.29, 1.82) is 0 Å². The number of hydrogen-bond acceptors (Lipinski definition) is 2. The predicted octanol–water partition coefficient (Wildman–Crippen LogP) is 1.70. The third kappa shape index (κ3) is 4.08. The van der Waals surface area contributed by atoms with Crippen LogP contribution in [-0.2, 0) is 0 Å². The molecule has 1 aliphatic rings. The van der Waals surface area contributed by atoms with Gasteiger partial charge in [0.15, 0.2) is 0 Å². The Morgan fingerprint density at radius 1 is 1.47 bits per heavy atom. The van der Waals surface area contributed by atoms with Crippen molar-refractivity contribution in [2.45, 2.75) is 19.3 Å². The summed E-state index contributed by atoms with van der Waals surface area (Å²) in [4.78, 5) is 11.8. The van der Waals surface area contributed by atoms with Crippen molar-refractivity contribution in [2.75, 3.05) is 13.2 Å². The topological polar surface area (TPSA) is 49.3 Å². The summed E-state index contributed by atoms with van der Waals surface area (Å²) in [5.74, 6) is 5.11. The van der Waals surface area contributed by atoms with Gasteiger partial charge in [0.1, 0.15) is 5.82 Å². The van der Waals surface area contributed by atoms with Gasteiger partial charge in [-0.3, -0.25) is 4.79 Å². The number of aliphatic hydroxyl groups is 1. The number of benzene rings is 1. The maximum Gasteiger partial charge on any atom is 0.251 e. The Morgan fingerprint density at radius 3 is 2.89 bits per heavy atom. The number of halogens is 1. The van der Waals surface area contributed by atoms with E-state index in [9.17, 15) is 9.18 Å². The Kier molecular flexibility index (Phi) is 4.53. The molecule has 0 aromatic heterocycles. The van der Waals surface area contributed by atoms with E-state index in [1.54, 1.807) is 6.07 Å². The Morgan fingerprint density at radius 2 is 2.26 bits per heavy atom. The van der Waals surface area contributed by atoms with E-state index in [0.717, 1.165) is 12.8 Å². The van der Waals surface area contributed by atoms with E-state index in [-0.39, 0.29) is 18.1 Å². The summed E-state index contributed by atoms with van der Waals surface area (Å²) in [6, 6.07) is 4.26. The lowest BCUT2D eigenvalue weighted by Crippen LogP contribution is -2.25. The van der Waals surface area contributed by atoms with Crippen molar-refractivity contribution in [2.24, 2.45) is 5.92 Å². The molecule has 1 saturated carbocycles. The van der Waals surface area contributed by atoms with Crippen LogP contribution in [-0.4, -0.2) is 24.2 Å². The van der Waals surface area contributed by atoms with Crippen LogP contribution in [0.25, 0.3) is 0 Å². The standard InChI is InChI=1S/C15H16FNO2/c16-14-9-13(15(19)17-10-11-4-5-11)7-6-12(14)3-1-2-8-18/h6-7,9,11,18H,2,4-5,8,10H2,(H,17,19). The van der Waals surface area contributed by atoms with Gasteiger partial charge in [-0.2, -0.15) is 0 Å². The summed E-state index contributed by atoms with van der Waals surface area (Å²) >= 11 is 0. The van der Waals surface area contributed by atoms with Crippen molar-refractivity contribution < 1.29 is 14.3 Å². The molecule has 2 rings (SSSR count). The highest BCUT2D eigenvalue weighted by Crippen LogP contribution is 2.27. The van der Waals surface area contributed by atoms with E-state index in [4.69, 9.17) is 5.11 Å². The van der Waals surface area contributed by atoms with Gasteiger partial charge in [-0.05, 0) is 37.0 Å². The van der Waals surface area contributed by atoms with Gasteiger partial charge in [0.05, 0.1) is 12.2 Å². The van der Waals surface area contributed by atoms with Crippen LogP contribution in [0.15, 0.2) is 18.2 Å². The molecular weight excluding hydrogens is 245 g/mol. The van der Waals surface area contributed by atoms with Crippen LogP contribution in [0.2, 0.25) is 0 Å². The zero-order valence-corrected chi connectivity index (χ0v) is 10.6. The average Bonchev–Trinajstić information content (AvgIpc) is 3.22. The van der Waals surface area contributed by atoms with Crippen molar-refractivity contribution in [1.82, 2.24) is 5.32 Å². The highest BCUT2D eigenvalue weighted by atomic mass is 19.1. The molecule has 4 heteroatoms. The first-order chi connectivity index (χ1) is 9.20. The Balaban J connectivity index is 2.00. The molecule has 100 valence electrons. The third-order valence-electron chi connectivity index (χ3n) is 2.94. The number of carbonyl (C=O) groups is 1. The number of aliphatic hydroxyl groups excluding tert-OH is 1. The van der Waals surface area contributed by atoms with E-state index in [2.05, 4.69) is 17.2 Å². The number of amides is 1. The molecule has 0 heterocycles. The monoisotopic (exact) mass is 261 g/mol. The zero-order valence-electron chi connectivity index (χ0n) is 10.6. The van der Waals surface area contributed by atoms with E-state index in [1.165, 1.54) is 12.1 Å². The van der Waals surface area contributed by atoms with Crippen LogP contribution in [0.3, 0.4) is 0 Å². The van der Waals surface area contributed by atoms with Gasteiger partial charge in [-0.15, -0.1) is 0 Å². The molecule has 1 aliphatic carbocycles. The Hall–Kier alpha value is -1.86. The van der Waals surface area contributed by atoms with Gasteiger partial charge in [-0.1, -0.05) is 11.8 Å². The van der Waals surface area contributed by atoms with E-state index in [1.807, 2.05) is 0 Å². The van der Waals surface area contributed by atoms with Crippen molar-refractivity contribution in [3.8, 4) is 11.8 Å². The first-order valence-corrected chi connectivity index (χ1v) is 6.38. The van der Waals surface area contributed by atoms with Gasteiger partial charge in [0.25, 0.3) is 5.91 Å².